The first-order valence-electron chi connectivity index (χ1n) is 6.04. The smallest absolute Gasteiger partial charge is 0.285 e. The highest BCUT2D eigenvalue weighted by atomic mass is 16.8. The zero-order chi connectivity index (χ0) is 13.4. The lowest BCUT2D eigenvalue weighted by Crippen LogP contribution is -2.33. The van der Waals surface area contributed by atoms with Crippen LogP contribution in [-0.2, 0) is 14.3 Å². The molecule has 0 spiro atoms. The molecule has 0 aliphatic carbocycles. The highest BCUT2D eigenvalue weighted by Crippen LogP contribution is 2.23. The average Bonchev–Trinajstić information content (AvgIpc) is 2.93. The van der Waals surface area contributed by atoms with Crippen molar-refractivity contribution in [3.63, 3.8) is 0 Å². The zero-order valence-electron chi connectivity index (χ0n) is 10.4. The van der Waals surface area contributed by atoms with Gasteiger partial charge in [0.25, 0.3) is 11.8 Å². The van der Waals surface area contributed by atoms with E-state index in [0.29, 0.717) is 17.7 Å². The van der Waals surface area contributed by atoms with E-state index in [1.165, 1.54) is 0 Å². The number of fused-ring (bicyclic) bond motifs is 1. The van der Waals surface area contributed by atoms with Crippen LogP contribution in [0.2, 0.25) is 0 Å². The summed E-state index contributed by atoms with van der Waals surface area (Å²) in [5.74, 6) is -0.904. The maximum Gasteiger partial charge on any atom is 0.285 e. The average molecular weight is 263 g/mol. The van der Waals surface area contributed by atoms with Crippen LogP contribution >= 0.6 is 0 Å². The minimum atomic E-state index is -0.542. The molecule has 0 bridgehead atoms. The number of carbonyl (C=O) groups excluding carboxylic acids is 2. The first kappa shape index (κ1) is 12.3. The van der Waals surface area contributed by atoms with Gasteiger partial charge in [0.15, 0.2) is 6.29 Å². The molecule has 6 nitrogen and oxygen atoms in total. The maximum absolute atomic E-state index is 12.0. The molecule has 19 heavy (non-hydrogen) atoms. The van der Waals surface area contributed by atoms with Crippen LogP contribution < -0.4 is 0 Å². The quantitative estimate of drug-likeness (QED) is 0.760. The van der Waals surface area contributed by atoms with E-state index in [-0.39, 0.29) is 12.7 Å². The van der Waals surface area contributed by atoms with Gasteiger partial charge in [0.05, 0.1) is 23.8 Å². The summed E-state index contributed by atoms with van der Waals surface area (Å²) < 4.78 is 10.6. The Balaban J connectivity index is 1.67. The van der Waals surface area contributed by atoms with Crippen molar-refractivity contribution in [2.45, 2.75) is 19.3 Å². The van der Waals surface area contributed by atoms with E-state index in [4.69, 9.17) is 14.3 Å². The summed E-state index contributed by atoms with van der Waals surface area (Å²) in [5, 5.41) is 0.764. The van der Waals surface area contributed by atoms with Crippen LogP contribution in [0.5, 0.6) is 0 Å². The van der Waals surface area contributed by atoms with Gasteiger partial charge in [-0.15, -0.1) is 5.06 Å². The van der Waals surface area contributed by atoms with Crippen LogP contribution in [-0.4, -0.2) is 42.5 Å². The van der Waals surface area contributed by atoms with Gasteiger partial charge in [-0.25, -0.2) is 0 Å². The maximum atomic E-state index is 12.0. The summed E-state index contributed by atoms with van der Waals surface area (Å²) in [6.07, 6.45) is -0.546. The standard InChI is InChI=1S/C13H13NO5/c1-8-6-17-11(19-8)7-18-14-12(15)9-4-2-3-5-10(9)13(14)16/h2-5,8,11H,6-7H2,1H3. The Morgan fingerprint density at radius 3 is 2.42 bits per heavy atom. The normalized spacial score (nSPS) is 26.1. The number of nitrogens with zero attached hydrogens (tertiary/aromatic N) is 1. The van der Waals surface area contributed by atoms with E-state index in [1.54, 1.807) is 24.3 Å². The highest BCUT2D eigenvalue weighted by molar-refractivity contribution is 6.20. The van der Waals surface area contributed by atoms with E-state index in [1.807, 2.05) is 6.92 Å². The second kappa shape index (κ2) is 4.73. The summed E-state index contributed by atoms with van der Waals surface area (Å²) in [5.41, 5.74) is 0.711. The number of hydrogen-bond donors (Lipinski definition) is 0. The largest absolute Gasteiger partial charge is 0.347 e. The van der Waals surface area contributed by atoms with E-state index < -0.39 is 18.1 Å². The third kappa shape index (κ3) is 2.14. The lowest BCUT2D eigenvalue weighted by Gasteiger charge is -2.16. The van der Waals surface area contributed by atoms with Crippen molar-refractivity contribution in [2.75, 3.05) is 13.2 Å². The van der Waals surface area contributed by atoms with Crippen molar-refractivity contribution in [1.29, 1.82) is 0 Å². The molecule has 0 aromatic heterocycles. The van der Waals surface area contributed by atoms with Gasteiger partial charge in [-0.2, -0.15) is 0 Å². The van der Waals surface area contributed by atoms with Crippen LogP contribution in [0.25, 0.3) is 0 Å². The van der Waals surface area contributed by atoms with Crippen LogP contribution in [0.4, 0.5) is 0 Å². The molecule has 0 N–H and O–H groups in total. The number of amides is 2. The summed E-state index contributed by atoms with van der Waals surface area (Å²) in [6, 6.07) is 6.61. The molecule has 6 heteroatoms. The number of imide groups is 1. The molecule has 1 aromatic rings. The van der Waals surface area contributed by atoms with Crippen molar-refractivity contribution < 1.29 is 23.9 Å². The van der Waals surface area contributed by atoms with Gasteiger partial charge in [0.2, 0.25) is 0 Å². The molecule has 1 aromatic carbocycles. The summed E-state index contributed by atoms with van der Waals surface area (Å²) >= 11 is 0. The predicted molar refractivity (Wildman–Crippen MR) is 63.2 cm³/mol. The van der Waals surface area contributed by atoms with E-state index in [2.05, 4.69) is 0 Å². The van der Waals surface area contributed by atoms with Gasteiger partial charge in [-0.3, -0.25) is 14.4 Å². The lowest BCUT2D eigenvalue weighted by atomic mass is 10.1. The Bertz CT molecular complexity index is 495. The number of hydrogen-bond acceptors (Lipinski definition) is 5. The van der Waals surface area contributed by atoms with Crippen molar-refractivity contribution >= 4 is 11.8 Å². The molecule has 1 fully saturated rings. The minimum absolute atomic E-state index is 0.00391. The second-order valence-electron chi connectivity index (χ2n) is 4.46. The lowest BCUT2D eigenvalue weighted by molar-refractivity contribution is -0.167. The number of carbonyl (C=O) groups is 2. The van der Waals surface area contributed by atoms with Gasteiger partial charge in [-0.1, -0.05) is 12.1 Å². The van der Waals surface area contributed by atoms with Gasteiger partial charge in [0.1, 0.15) is 6.61 Å². The van der Waals surface area contributed by atoms with Gasteiger partial charge in [0, 0.05) is 0 Å². The third-order valence-corrected chi connectivity index (χ3v) is 3.00. The van der Waals surface area contributed by atoms with Gasteiger partial charge in [-0.05, 0) is 19.1 Å². The van der Waals surface area contributed by atoms with E-state index in [0.717, 1.165) is 5.06 Å². The Hall–Kier alpha value is -1.76. The van der Waals surface area contributed by atoms with Crippen LogP contribution in [0.15, 0.2) is 24.3 Å². The molecule has 2 amide bonds. The van der Waals surface area contributed by atoms with Gasteiger partial charge < -0.3 is 9.47 Å². The fraction of sp³-hybridized carbons (Fsp3) is 0.385. The van der Waals surface area contributed by atoms with Gasteiger partial charge >= 0.3 is 0 Å². The van der Waals surface area contributed by atoms with Crippen molar-refractivity contribution in [3.8, 4) is 0 Å². The Kier molecular flexibility index (Phi) is 3.06. The third-order valence-electron chi connectivity index (χ3n) is 3.00. The Morgan fingerprint density at radius 2 is 1.89 bits per heavy atom. The number of ether oxygens (including phenoxy) is 2. The van der Waals surface area contributed by atoms with E-state index >= 15 is 0 Å². The topological polar surface area (TPSA) is 65.1 Å². The molecule has 0 radical (unpaired) electrons. The number of rotatable bonds is 3. The van der Waals surface area contributed by atoms with Crippen molar-refractivity contribution in [1.82, 2.24) is 5.06 Å². The molecule has 2 atom stereocenters. The molecule has 2 unspecified atom stereocenters. The monoisotopic (exact) mass is 263 g/mol. The molecule has 2 heterocycles. The molecule has 2 aliphatic heterocycles. The second-order valence-corrected chi connectivity index (χ2v) is 4.46. The SMILES string of the molecule is CC1COC(CON2C(=O)c3ccccc3C2=O)O1. The molecule has 1 saturated heterocycles. The fourth-order valence-electron chi connectivity index (χ4n) is 2.09. The fourth-order valence-corrected chi connectivity index (χ4v) is 2.09. The predicted octanol–water partition coefficient (Wildman–Crippen LogP) is 0.976. The van der Waals surface area contributed by atoms with Crippen LogP contribution in [0, 0.1) is 0 Å². The van der Waals surface area contributed by atoms with Crippen LogP contribution in [0.1, 0.15) is 27.6 Å². The van der Waals surface area contributed by atoms with Crippen molar-refractivity contribution in [2.24, 2.45) is 0 Å². The first-order chi connectivity index (χ1) is 9.16. The summed E-state index contributed by atoms with van der Waals surface area (Å²) in [7, 11) is 0. The minimum Gasteiger partial charge on any atom is -0.347 e. The molecular weight excluding hydrogens is 250 g/mol. The molecule has 2 aliphatic rings. The first-order valence-corrected chi connectivity index (χ1v) is 6.04. The molecule has 3 rings (SSSR count). The zero-order valence-corrected chi connectivity index (χ0v) is 10.4. The molecule has 100 valence electrons. The Labute approximate surface area is 109 Å². The van der Waals surface area contributed by atoms with E-state index in [9.17, 15) is 9.59 Å². The molecule has 0 saturated carbocycles. The van der Waals surface area contributed by atoms with Crippen molar-refractivity contribution in [3.05, 3.63) is 35.4 Å². The van der Waals surface area contributed by atoms with Crippen LogP contribution in [0.3, 0.4) is 0 Å². The molecular formula is C13H13NO5. The highest BCUT2D eigenvalue weighted by Gasteiger charge is 2.37. The summed E-state index contributed by atoms with van der Waals surface area (Å²) in [4.78, 5) is 29.2. The Morgan fingerprint density at radius 1 is 1.26 bits per heavy atom. The number of benzene rings is 1. The summed E-state index contributed by atoms with van der Waals surface area (Å²) in [6.45, 7) is 2.37. The number of hydroxylamine groups is 2.